The summed E-state index contributed by atoms with van der Waals surface area (Å²) in [5.74, 6) is 0.245. The molecular formula is C29H35FN2O11. The van der Waals surface area contributed by atoms with E-state index in [4.69, 9.17) is 28.4 Å². The van der Waals surface area contributed by atoms with Crippen LogP contribution < -0.4 is 9.47 Å². The molecule has 43 heavy (non-hydrogen) atoms. The van der Waals surface area contributed by atoms with Crippen LogP contribution in [0.5, 0.6) is 11.5 Å². The Labute approximate surface area is 247 Å². The molecule has 0 spiro atoms. The third kappa shape index (κ3) is 10.0. The molecule has 3 rings (SSSR count). The lowest BCUT2D eigenvalue weighted by atomic mass is 10.0. The van der Waals surface area contributed by atoms with Crippen molar-refractivity contribution in [2.45, 2.75) is 77.4 Å². The lowest BCUT2D eigenvalue weighted by Gasteiger charge is -2.30. The van der Waals surface area contributed by atoms with Gasteiger partial charge in [-0.05, 0) is 77.8 Å². The van der Waals surface area contributed by atoms with E-state index in [-0.39, 0.29) is 30.2 Å². The van der Waals surface area contributed by atoms with Crippen molar-refractivity contribution >= 4 is 24.1 Å². The number of alkyl halides is 1. The summed E-state index contributed by atoms with van der Waals surface area (Å²) in [7, 11) is 0. The second-order valence-corrected chi connectivity index (χ2v) is 11.6. The van der Waals surface area contributed by atoms with Gasteiger partial charge in [-0.15, -0.1) is 0 Å². The SMILES string of the molecule is CC(C)(C)OC(=O)O[C@H]1CN(C(=O)OC(C)(C)C)[C@H](Cc2ccc(OCF)cc2)[C@@H]1OC(=O)Oc1ccc([N+](=O)[O-])cc1. The third-order valence-corrected chi connectivity index (χ3v) is 5.86. The first-order valence-electron chi connectivity index (χ1n) is 13.3. The molecule has 1 aliphatic rings. The van der Waals surface area contributed by atoms with E-state index >= 15 is 0 Å². The second kappa shape index (κ2) is 13.6. The number of non-ortho nitro benzene ring substituents is 1. The number of halogens is 1. The number of amides is 1. The van der Waals surface area contributed by atoms with Crippen LogP contribution in [0.1, 0.15) is 47.1 Å². The van der Waals surface area contributed by atoms with Gasteiger partial charge in [0.25, 0.3) is 5.69 Å². The maximum Gasteiger partial charge on any atom is 0.514 e. The topological polar surface area (TPSA) is 153 Å². The predicted octanol–water partition coefficient (Wildman–Crippen LogP) is 5.97. The Kier molecular flexibility index (Phi) is 10.4. The van der Waals surface area contributed by atoms with Crippen LogP contribution in [0.25, 0.3) is 0 Å². The van der Waals surface area contributed by atoms with Gasteiger partial charge in [-0.3, -0.25) is 15.0 Å². The van der Waals surface area contributed by atoms with Gasteiger partial charge < -0.3 is 28.4 Å². The van der Waals surface area contributed by atoms with Gasteiger partial charge in [-0.1, -0.05) is 12.1 Å². The zero-order chi connectivity index (χ0) is 31.9. The van der Waals surface area contributed by atoms with Crippen molar-refractivity contribution in [3.63, 3.8) is 0 Å². The molecule has 2 aromatic rings. The molecule has 14 heteroatoms. The fourth-order valence-electron chi connectivity index (χ4n) is 4.17. The highest BCUT2D eigenvalue weighted by molar-refractivity contribution is 5.70. The lowest BCUT2D eigenvalue weighted by Crippen LogP contribution is -2.45. The number of rotatable bonds is 8. The largest absolute Gasteiger partial charge is 0.514 e. The van der Waals surface area contributed by atoms with Crippen LogP contribution in [0.2, 0.25) is 0 Å². The molecule has 0 radical (unpaired) electrons. The maximum absolute atomic E-state index is 13.3. The lowest BCUT2D eigenvalue weighted by molar-refractivity contribution is -0.384. The zero-order valence-corrected chi connectivity index (χ0v) is 24.7. The fraction of sp³-hybridized carbons (Fsp3) is 0.483. The average molecular weight is 607 g/mol. The molecule has 13 nitrogen and oxygen atoms in total. The van der Waals surface area contributed by atoms with Crippen molar-refractivity contribution in [1.29, 1.82) is 0 Å². The molecule has 1 amide bonds. The van der Waals surface area contributed by atoms with E-state index in [9.17, 15) is 28.9 Å². The molecule has 2 aromatic carbocycles. The second-order valence-electron chi connectivity index (χ2n) is 11.6. The van der Waals surface area contributed by atoms with Crippen molar-refractivity contribution in [1.82, 2.24) is 4.90 Å². The van der Waals surface area contributed by atoms with Gasteiger partial charge in [0.05, 0.1) is 17.5 Å². The Bertz CT molecular complexity index is 1290. The number of hydrogen-bond donors (Lipinski definition) is 0. The molecule has 3 atom stereocenters. The highest BCUT2D eigenvalue weighted by Crippen LogP contribution is 2.31. The number of ether oxygens (including phenoxy) is 6. The van der Waals surface area contributed by atoms with Crippen molar-refractivity contribution < 1.29 is 52.1 Å². The smallest absolute Gasteiger partial charge is 0.463 e. The number of nitro benzene ring substituents is 1. The molecule has 234 valence electrons. The fourth-order valence-corrected chi connectivity index (χ4v) is 4.17. The number of carbonyl (C=O) groups excluding carboxylic acids is 3. The molecule has 0 saturated carbocycles. The molecule has 0 unspecified atom stereocenters. The van der Waals surface area contributed by atoms with E-state index in [1.807, 2.05) is 0 Å². The minimum Gasteiger partial charge on any atom is -0.463 e. The monoisotopic (exact) mass is 606 g/mol. The molecule has 1 aliphatic heterocycles. The van der Waals surface area contributed by atoms with Crippen LogP contribution in [-0.2, 0) is 25.4 Å². The van der Waals surface area contributed by atoms with Crippen LogP contribution in [0.3, 0.4) is 0 Å². The highest BCUT2D eigenvalue weighted by atomic mass is 19.1. The molecule has 0 bridgehead atoms. The van der Waals surface area contributed by atoms with E-state index in [1.165, 1.54) is 29.2 Å². The Morgan fingerprint density at radius 3 is 2.00 bits per heavy atom. The van der Waals surface area contributed by atoms with Crippen LogP contribution in [-0.4, -0.2) is 71.1 Å². The molecule has 0 aromatic heterocycles. The van der Waals surface area contributed by atoms with Crippen molar-refractivity contribution in [3.8, 4) is 11.5 Å². The van der Waals surface area contributed by atoms with Crippen molar-refractivity contribution in [3.05, 3.63) is 64.2 Å². The van der Waals surface area contributed by atoms with Gasteiger partial charge in [-0.2, -0.15) is 0 Å². The van der Waals surface area contributed by atoms with Crippen molar-refractivity contribution in [2.24, 2.45) is 0 Å². The number of hydrogen-bond acceptors (Lipinski definition) is 11. The maximum atomic E-state index is 13.3. The summed E-state index contributed by atoms with van der Waals surface area (Å²) in [6.07, 6.45) is -5.36. The average Bonchev–Trinajstić information content (AvgIpc) is 3.19. The van der Waals surface area contributed by atoms with Crippen LogP contribution in [0, 0.1) is 10.1 Å². The predicted molar refractivity (Wildman–Crippen MR) is 149 cm³/mol. The van der Waals surface area contributed by atoms with E-state index in [1.54, 1.807) is 53.7 Å². The standard InChI is InChI=1S/C29H35FN2O11/c1-28(2,3)42-25(33)31-16-23(40-27(35)43-29(4,5)6)24(22(31)15-18-7-11-20(12-8-18)38-17-30)41-26(34)39-21-13-9-19(10-14-21)32(36)37/h7-14,22-24H,15-17H2,1-6H3/t22-,23+,24+/m1/s1. The minimum absolute atomic E-state index is 0.0396. The van der Waals surface area contributed by atoms with Gasteiger partial charge in [0, 0.05) is 12.1 Å². The highest BCUT2D eigenvalue weighted by Gasteiger charge is 2.50. The summed E-state index contributed by atoms with van der Waals surface area (Å²) >= 11 is 0. The van der Waals surface area contributed by atoms with Gasteiger partial charge in [0.2, 0.25) is 6.86 Å². The molecular weight excluding hydrogens is 571 g/mol. The van der Waals surface area contributed by atoms with Gasteiger partial charge in [0.1, 0.15) is 22.7 Å². The summed E-state index contributed by atoms with van der Waals surface area (Å²) in [6, 6.07) is 10.2. The number of carbonyl (C=O) groups is 3. The van der Waals surface area contributed by atoms with E-state index in [0.717, 1.165) is 12.1 Å². The Morgan fingerprint density at radius 2 is 1.47 bits per heavy atom. The molecule has 1 saturated heterocycles. The first-order chi connectivity index (χ1) is 20.0. The minimum atomic E-state index is -1.26. The summed E-state index contributed by atoms with van der Waals surface area (Å²) in [5, 5.41) is 10.9. The Morgan fingerprint density at radius 1 is 0.884 bits per heavy atom. The zero-order valence-electron chi connectivity index (χ0n) is 24.7. The first kappa shape index (κ1) is 32.9. The Balaban J connectivity index is 1.93. The van der Waals surface area contributed by atoms with Gasteiger partial charge >= 0.3 is 18.4 Å². The van der Waals surface area contributed by atoms with Crippen LogP contribution >= 0.6 is 0 Å². The number of benzene rings is 2. The van der Waals surface area contributed by atoms with Crippen LogP contribution in [0.4, 0.5) is 24.5 Å². The summed E-state index contributed by atoms with van der Waals surface area (Å²) in [4.78, 5) is 50.5. The molecule has 1 fully saturated rings. The van der Waals surface area contributed by atoms with Crippen LogP contribution in [0.15, 0.2) is 48.5 Å². The van der Waals surface area contributed by atoms with E-state index in [0.29, 0.717) is 5.56 Å². The van der Waals surface area contributed by atoms with Gasteiger partial charge in [0.15, 0.2) is 12.2 Å². The van der Waals surface area contributed by atoms with Gasteiger partial charge in [-0.25, -0.2) is 18.8 Å². The normalized spacial score (nSPS) is 18.4. The molecule has 0 N–H and O–H groups in total. The summed E-state index contributed by atoms with van der Waals surface area (Å²) < 4.78 is 44.7. The molecule has 1 heterocycles. The van der Waals surface area contributed by atoms with Crippen molar-refractivity contribution in [2.75, 3.05) is 13.4 Å². The number of nitro groups is 1. The quantitative estimate of drug-likeness (QED) is 0.115. The number of likely N-dealkylation sites (tertiary alicyclic amines) is 1. The first-order valence-corrected chi connectivity index (χ1v) is 13.3. The number of nitrogens with zero attached hydrogens (tertiary/aromatic N) is 2. The molecule has 0 aliphatic carbocycles. The summed E-state index contributed by atoms with van der Waals surface area (Å²) in [6.45, 7) is 8.76. The Hall–Kier alpha value is -4.62. The van der Waals surface area contributed by atoms with E-state index in [2.05, 4.69) is 0 Å². The summed E-state index contributed by atoms with van der Waals surface area (Å²) in [5.41, 5.74) is -1.32. The third-order valence-electron chi connectivity index (χ3n) is 5.86. The van der Waals surface area contributed by atoms with E-state index < -0.39 is 59.6 Å².